The fourth-order valence-electron chi connectivity index (χ4n) is 2.08. The summed E-state index contributed by atoms with van der Waals surface area (Å²) in [6.45, 7) is 4.57. The summed E-state index contributed by atoms with van der Waals surface area (Å²) in [6, 6.07) is 12.0. The largest absolute Gasteiger partial charge is 0.478 e. The van der Waals surface area contributed by atoms with Crippen LogP contribution in [0.25, 0.3) is 11.1 Å². The summed E-state index contributed by atoms with van der Waals surface area (Å²) in [4.78, 5) is 31.9. The van der Waals surface area contributed by atoms with Crippen LogP contribution in [0, 0.1) is 6.92 Å². The summed E-state index contributed by atoms with van der Waals surface area (Å²) in [6.07, 6.45) is 0. The summed E-state index contributed by atoms with van der Waals surface area (Å²) in [7, 11) is 0. The van der Waals surface area contributed by atoms with Gasteiger partial charge in [-0.05, 0) is 43.5 Å². The summed E-state index contributed by atoms with van der Waals surface area (Å²) in [5, 5.41) is 18.4. The second kappa shape index (κ2) is 7.89. The van der Waals surface area contributed by atoms with Crippen LogP contribution in [0.1, 0.15) is 40.1 Å². The van der Waals surface area contributed by atoms with Gasteiger partial charge in [0.1, 0.15) is 5.78 Å². The molecule has 2 N–H and O–H groups in total. The second-order valence-corrected chi connectivity index (χ2v) is 5.05. The van der Waals surface area contributed by atoms with Crippen LogP contribution in [0.15, 0.2) is 42.5 Å². The molecule has 0 saturated carbocycles. The molecule has 5 heteroatoms. The van der Waals surface area contributed by atoms with Crippen molar-refractivity contribution in [3.05, 3.63) is 59.2 Å². The zero-order valence-electron chi connectivity index (χ0n) is 13.2. The zero-order chi connectivity index (χ0) is 17.6. The van der Waals surface area contributed by atoms with E-state index in [-0.39, 0.29) is 22.5 Å². The molecule has 0 saturated heterocycles. The number of Topliss-reactive ketones (excluding diaryl/α,β-unsaturated/α-hetero) is 1. The molecular formula is C18H18O5. The lowest BCUT2D eigenvalue weighted by molar-refractivity contribution is -0.115. The molecule has 0 aromatic heterocycles. The Morgan fingerprint density at radius 1 is 0.826 bits per heavy atom. The van der Waals surface area contributed by atoms with Crippen molar-refractivity contribution in [2.24, 2.45) is 0 Å². The summed E-state index contributed by atoms with van der Waals surface area (Å²) >= 11 is 0. The van der Waals surface area contributed by atoms with Crippen LogP contribution in [0.3, 0.4) is 0 Å². The van der Waals surface area contributed by atoms with Crippen LogP contribution >= 0.6 is 0 Å². The van der Waals surface area contributed by atoms with Gasteiger partial charge < -0.3 is 15.0 Å². The van der Waals surface area contributed by atoms with E-state index in [9.17, 15) is 19.5 Å². The lowest BCUT2D eigenvalue weighted by Gasteiger charge is -2.11. The topological polar surface area (TPSA) is 91.7 Å². The molecule has 120 valence electrons. The maximum Gasteiger partial charge on any atom is 0.336 e. The molecule has 0 aliphatic rings. The molecule has 23 heavy (non-hydrogen) atoms. The molecule has 0 spiro atoms. The third-order valence-corrected chi connectivity index (χ3v) is 2.99. The third-order valence-electron chi connectivity index (χ3n) is 2.99. The fourth-order valence-corrected chi connectivity index (χ4v) is 2.08. The van der Waals surface area contributed by atoms with Crippen molar-refractivity contribution in [3.63, 3.8) is 0 Å². The number of ketones is 1. The minimum absolute atomic E-state index is 0.0112. The maximum atomic E-state index is 11.4. The van der Waals surface area contributed by atoms with Crippen molar-refractivity contribution in [2.45, 2.75) is 20.8 Å². The molecule has 5 nitrogen and oxygen atoms in total. The van der Waals surface area contributed by atoms with E-state index in [0.29, 0.717) is 5.56 Å². The van der Waals surface area contributed by atoms with Gasteiger partial charge in [-0.3, -0.25) is 0 Å². The SMILES string of the molecule is CC(C)=O.Cc1c(C(=O)O)ccc(-c2ccccc2)c1C(=O)O. The summed E-state index contributed by atoms with van der Waals surface area (Å²) in [5.74, 6) is -2.08. The van der Waals surface area contributed by atoms with Gasteiger partial charge in [-0.15, -0.1) is 0 Å². The predicted octanol–water partition coefficient (Wildman–Crippen LogP) is 3.65. The van der Waals surface area contributed by atoms with Gasteiger partial charge in [0.15, 0.2) is 0 Å². The Labute approximate surface area is 134 Å². The molecule has 0 radical (unpaired) electrons. The van der Waals surface area contributed by atoms with E-state index >= 15 is 0 Å². The Bertz CT molecular complexity index is 729. The Hall–Kier alpha value is -2.95. The average molecular weight is 314 g/mol. The fraction of sp³-hybridized carbons (Fsp3) is 0.167. The first-order valence-electron chi connectivity index (χ1n) is 6.88. The number of carboxylic acid groups (broad SMARTS) is 2. The number of carbonyl (C=O) groups is 3. The van der Waals surface area contributed by atoms with Gasteiger partial charge in [0, 0.05) is 0 Å². The standard InChI is InChI=1S/C15H12O4.C3H6O/c1-9-11(14(16)17)7-8-12(13(9)15(18)19)10-5-3-2-4-6-10;1-3(2)4/h2-8H,1H3,(H,16,17)(H,18,19);1-2H3. The molecule has 0 aliphatic heterocycles. The number of rotatable bonds is 3. The molecule has 2 aromatic carbocycles. The summed E-state index contributed by atoms with van der Waals surface area (Å²) in [5.41, 5.74) is 1.58. The lowest BCUT2D eigenvalue weighted by Crippen LogP contribution is -2.09. The van der Waals surface area contributed by atoms with Crippen molar-refractivity contribution in [1.82, 2.24) is 0 Å². The first-order chi connectivity index (χ1) is 10.8. The van der Waals surface area contributed by atoms with Crippen molar-refractivity contribution < 1.29 is 24.6 Å². The molecule has 0 amide bonds. The van der Waals surface area contributed by atoms with Crippen LogP contribution in [-0.2, 0) is 4.79 Å². The highest BCUT2D eigenvalue weighted by Crippen LogP contribution is 2.28. The van der Waals surface area contributed by atoms with E-state index in [1.807, 2.05) is 6.07 Å². The van der Waals surface area contributed by atoms with Crippen molar-refractivity contribution in [1.29, 1.82) is 0 Å². The van der Waals surface area contributed by atoms with Crippen molar-refractivity contribution in [3.8, 4) is 11.1 Å². The Kier molecular flexibility index (Phi) is 6.21. The molecule has 2 aromatic rings. The smallest absolute Gasteiger partial charge is 0.336 e. The number of carbonyl (C=O) groups excluding carboxylic acids is 1. The predicted molar refractivity (Wildman–Crippen MR) is 86.9 cm³/mol. The highest BCUT2D eigenvalue weighted by atomic mass is 16.4. The normalized spacial score (nSPS) is 9.52. The molecule has 0 heterocycles. The van der Waals surface area contributed by atoms with E-state index in [2.05, 4.69) is 0 Å². The van der Waals surface area contributed by atoms with E-state index in [1.165, 1.54) is 32.9 Å². The van der Waals surface area contributed by atoms with Crippen molar-refractivity contribution >= 4 is 17.7 Å². The molecule has 0 bridgehead atoms. The molecule has 0 aliphatic carbocycles. The highest BCUT2D eigenvalue weighted by Gasteiger charge is 2.19. The average Bonchev–Trinajstić information content (AvgIpc) is 2.46. The summed E-state index contributed by atoms with van der Waals surface area (Å²) < 4.78 is 0. The lowest BCUT2D eigenvalue weighted by atomic mass is 9.92. The number of hydrogen-bond donors (Lipinski definition) is 2. The Morgan fingerprint density at radius 3 is 1.78 bits per heavy atom. The minimum Gasteiger partial charge on any atom is -0.478 e. The van der Waals surface area contributed by atoms with Crippen molar-refractivity contribution in [2.75, 3.05) is 0 Å². The molecule has 0 fully saturated rings. The first-order valence-corrected chi connectivity index (χ1v) is 6.88. The van der Waals surface area contributed by atoms with Gasteiger partial charge >= 0.3 is 11.9 Å². The highest BCUT2D eigenvalue weighted by molar-refractivity contribution is 6.02. The van der Waals surface area contributed by atoms with E-state index in [1.54, 1.807) is 24.3 Å². The van der Waals surface area contributed by atoms with Gasteiger partial charge in [0.05, 0.1) is 11.1 Å². The second-order valence-electron chi connectivity index (χ2n) is 5.05. The van der Waals surface area contributed by atoms with Gasteiger partial charge in [-0.2, -0.15) is 0 Å². The van der Waals surface area contributed by atoms with Crippen LogP contribution in [0.4, 0.5) is 0 Å². The van der Waals surface area contributed by atoms with Crippen LogP contribution in [0.2, 0.25) is 0 Å². The van der Waals surface area contributed by atoms with Crippen LogP contribution in [-0.4, -0.2) is 27.9 Å². The minimum atomic E-state index is -1.13. The van der Waals surface area contributed by atoms with E-state index in [0.717, 1.165) is 5.56 Å². The molecule has 0 unspecified atom stereocenters. The van der Waals surface area contributed by atoms with Gasteiger partial charge in [0.2, 0.25) is 0 Å². The number of carboxylic acids is 2. The number of hydrogen-bond acceptors (Lipinski definition) is 3. The van der Waals surface area contributed by atoms with Gasteiger partial charge in [-0.25, -0.2) is 9.59 Å². The van der Waals surface area contributed by atoms with Crippen LogP contribution in [0.5, 0.6) is 0 Å². The molecular weight excluding hydrogens is 296 g/mol. The Morgan fingerprint density at radius 2 is 1.35 bits per heavy atom. The van der Waals surface area contributed by atoms with E-state index < -0.39 is 11.9 Å². The number of aromatic carboxylic acids is 2. The Balaban J connectivity index is 0.000000593. The molecule has 0 atom stereocenters. The van der Waals surface area contributed by atoms with Crippen LogP contribution < -0.4 is 0 Å². The van der Waals surface area contributed by atoms with E-state index in [4.69, 9.17) is 5.11 Å². The first kappa shape index (κ1) is 18.1. The van der Waals surface area contributed by atoms with Gasteiger partial charge in [-0.1, -0.05) is 36.4 Å². The maximum absolute atomic E-state index is 11.4. The molecule has 2 rings (SSSR count). The van der Waals surface area contributed by atoms with Gasteiger partial charge in [0.25, 0.3) is 0 Å². The number of benzene rings is 2. The monoisotopic (exact) mass is 314 g/mol. The quantitative estimate of drug-likeness (QED) is 0.902. The third kappa shape index (κ3) is 4.78. The zero-order valence-corrected chi connectivity index (χ0v) is 13.2.